The standard InChI is InChI=1S/C25H22N4OS/c1-16-9-11-17(12-10-16)20-15-31-24-21(20)25(30)29-22(26-24)18-7-3-4-8-19(18)23(27-29)28-13-5-2-6-14-28/h3-4,7-12,15H,2,5-6,13-14H2,1H3. The third kappa shape index (κ3) is 2.93. The number of nitrogens with zero attached hydrogens (tertiary/aromatic N) is 4. The largest absolute Gasteiger partial charge is 0.355 e. The Hall–Kier alpha value is -3.25. The van der Waals surface area contributed by atoms with Crippen molar-refractivity contribution in [1.82, 2.24) is 14.6 Å². The SMILES string of the molecule is Cc1ccc(-c2csc3nc4c5ccccc5c(N5CCCCC5)nn4c(=O)c23)cc1. The molecular formula is C25H22N4OS. The lowest BCUT2D eigenvalue weighted by molar-refractivity contribution is 0.571. The van der Waals surface area contributed by atoms with E-state index in [-0.39, 0.29) is 5.56 Å². The van der Waals surface area contributed by atoms with E-state index in [0.717, 1.165) is 58.5 Å². The van der Waals surface area contributed by atoms with Crippen LogP contribution < -0.4 is 10.5 Å². The fourth-order valence-corrected chi connectivity index (χ4v) is 5.49. The lowest BCUT2D eigenvalue weighted by Crippen LogP contribution is -2.32. The van der Waals surface area contributed by atoms with Crippen LogP contribution in [0.4, 0.5) is 5.82 Å². The Kier molecular flexibility index (Phi) is 4.28. The summed E-state index contributed by atoms with van der Waals surface area (Å²) < 4.78 is 1.53. The smallest absolute Gasteiger partial charge is 0.283 e. The van der Waals surface area contributed by atoms with Gasteiger partial charge in [-0.2, -0.15) is 4.52 Å². The van der Waals surface area contributed by atoms with Gasteiger partial charge in [0.05, 0.1) is 5.39 Å². The summed E-state index contributed by atoms with van der Waals surface area (Å²) in [7, 11) is 0. The number of benzene rings is 2. The summed E-state index contributed by atoms with van der Waals surface area (Å²) in [6.45, 7) is 4.01. The Morgan fingerprint density at radius 3 is 2.45 bits per heavy atom. The second-order valence-electron chi connectivity index (χ2n) is 8.26. The molecule has 0 aliphatic carbocycles. The molecule has 0 unspecified atom stereocenters. The number of aryl methyl sites for hydroxylation is 1. The van der Waals surface area contributed by atoms with Gasteiger partial charge in [0.25, 0.3) is 5.56 Å². The molecule has 154 valence electrons. The van der Waals surface area contributed by atoms with Crippen LogP contribution in [0.3, 0.4) is 0 Å². The van der Waals surface area contributed by atoms with Crippen molar-refractivity contribution >= 4 is 43.8 Å². The van der Waals surface area contributed by atoms with E-state index in [1.807, 2.05) is 23.6 Å². The molecule has 0 saturated carbocycles. The summed E-state index contributed by atoms with van der Waals surface area (Å²) in [5.74, 6) is 0.887. The van der Waals surface area contributed by atoms with Gasteiger partial charge in [0.2, 0.25) is 0 Å². The van der Waals surface area contributed by atoms with Crippen LogP contribution in [0.5, 0.6) is 0 Å². The van der Waals surface area contributed by atoms with Crippen molar-refractivity contribution in [2.75, 3.05) is 18.0 Å². The van der Waals surface area contributed by atoms with Gasteiger partial charge < -0.3 is 4.90 Å². The summed E-state index contributed by atoms with van der Waals surface area (Å²) >= 11 is 1.52. The van der Waals surface area contributed by atoms with Crippen molar-refractivity contribution in [3.63, 3.8) is 0 Å². The number of hydrogen-bond donors (Lipinski definition) is 0. The van der Waals surface area contributed by atoms with Gasteiger partial charge in [-0.3, -0.25) is 4.79 Å². The lowest BCUT2D eigenvalue weighted by atomic mass is 10.0. The molecule has 0 atom stereocenters. The van der Waals surface area contributed by atoms with Crippen molar-refractivity contribution in [3.05, 3.63) is 69.8 Å². The number of piperidine rings is 1. The Labute approximate surface area is 183 Å². The summed E-state index contributed by atoms with van der Waals surface area (Å²) in [6, 6.07) is 16.5. The summed E-state index contributed by atoms with van der Waals surface area (Å²) in [6.07, 6.45) is 3.56. The summed E-state index contributed by atoms with van der Waals surface area (Å²) in [5, 5.41) is 9.60. The van der Waals surface area contributed by atoms with Crippen LogP contribution >= 0.6 is 11.3 Å². The average Bonchev–Trinajstić information content (AvgIpc) is 3.24. The molecular weight excluding hydrogens is 404 g/mol. The Bertz CT molecular complexity index is 1490. The number of fused-ring (bicyclic) bond motifs is 4. The van der Waals surface area contributed by atoms with E-state index in [4.69, 9.17) is 10.1 Å². The first-order chi connectivity index (χ1) is 15.2. The third-order valence-corrected chi connectivity index (χ3v) is 7.08. The van der Waals surface area contributed by atoms with E-state index in [0.29, 0.717) is 11.0 Å². The van der Waals surface area contributed by atoms with Crippen LogP contribution in [-0.4, -0.2) is 27.7 Å². The monoisotopic (exact) mass is 426 g/mol. The molecule has 1 aliphatic heterocycles. The van der Waals surface area contributed by atoms with E-state index >= 15 is 0 Å². The van der Waals surface area contributed by atoms with Crippen LogP contribution in [0.2, 0.25) is 0 Å². The minimum atomic E-state index is -0.0964. The number of thiophene rings is 1. The molecule has 5 nitrogen and oxygen atoms in total. The summed E-state index contributed by atoms with van der Waals surface area (Å²) in [4.78, 5) is 21.7. The first-order valence-electron chi connectivity index (χ1n) is 10.8. The molecule has 6 rings (SSSR count). The highest BCUT2D eigenvalue weighted by molar-refractivity contribution is 7.17. The number of hydrogen-bond acceptors (Lipinski definition) is 5. The second kappa shape index (κ2) is 7.17. The summed E-state index contributed by atoms with van der Waals surface area (Å²) in [5.41, 5.74) is 3.70. The molecule has 0 amide bonds. The minimum absolute atomic E-state index is 0.0964. The van der Waals surface area contributed by atoms with Gasteiger partial charge >= 0.3 is 0 Å². The van der Waals surface area contributed by atoms with E-state index in [1.165, 1.54) is 27.8 Å². The molecule has 1 saturated heterocycles. The highest BCUT2D eigenvalue weighted by Gasteiger charge is 2.21. The van der Waals surface area contributed by atoms with E-state index in [9.17, 15) is 4.79 Å². The molecule has 5 aromatic rings. The van der Waals surface area contributed by atoms with Crippen molar-refractivity contribution in [2.45, 2.75) is 26.2 Å². The number of rotatable bonds is 2. The van der Waals surface area contributed by atoms with Crippen molar-refractivity contribution in [3.8, 4) is 11.1 Å². The van der Waals surface area contributed by atoms with Crippen LogP contribution in [0.1, 0.15) is 24.8 Å². The third-order valence-electron chi connectivity index (χ3n) is 6.21. The van der Waals surface area contributed by atoms with E-state index < -0.39 is 0 Å². The molecule has 0 spiro atoms. The van der Waals surface area contributed by atoms with Gasteiger partial charge in [0, 0.05) is 34.8 Å². The van der Waals surface area contributed by atoms with Crippen molar-refractivity contribution < 1.29 is 0 Å². The minimum Gasteiger partial charge on any atom is -0.355 e. The Morgan fingerprint density at radius 1 is 0.935 bits per heavy atom. The maximum absolute atomic E-state index is 13.7. The zero-order valence-corrected chi connectivity index (χ0v) is 18.2. The molecule has 0 N–H and O–H groups in total. The topological polar surface area (TPSA) is 50.5 Å². The zero-order valence-electron chi connectivity index (χ0n) is 17.3. The van der Waals surface area contributed by atoms with Gasteiger partial charge in [0.15, 0.2) is 11.5 Å². The lowest BCUT2D eigenvalue weighted by Gasteiger charge is -2.28. The fraction of sp³-hybridized carbons (Fsp3) is 0.240. The predicted octanol–water partition coefficient (Wildman–Crippen LogP) is 5.42. The quantitative estimate of drug-likeness (QED) is 0.354. The average molecular weight is 427 g/mol. The van der Waals surface area contributed by atoms with Gasteiger partial charge in [-0.1, -0.05) is 54.1 Å². The Balaban J connectivity index is 1.67. The molecule has 6 heteroatoms. The van der Waals surface area contributed by atoms with Crippen LogP contribution in [0.25, 0.3) is 37.8 Å². The second-order valence-corrected chi connectivity index (χ2v) is 9.12. The first kappa shape index (κ1) is 18.5. The molecule has 1 fully saturated rings. The Morgan fingerprint density at radius 2 is 1.68 bits per heavy atom. The van der Waals surface area contributed by atoms with Gasteiger partial charge in [-0.05, 0) is 31.7 Å². The molecule has 1 aliphatic rings. The molecule has 0 radical (unpaired) electrons. The van der Waals surface area contributed by atoms with Crippen LogP contribution in [-0.2, 0) is 0 Å². The molecule has 0 bridgehead atoms. The van der Waals surface area contributed by atoms with Gasteiger partial charge in [-0.25, -0.2) is 4.98 Å². The number of anilines is 1. The highest BCUT2D eigenvalue weighted by atomic mass is 32.1. The molecule has 3 aromatic heterocycles. The maximum atomic E-state index is 13.7. The van der Waals surface area contributed by atoms with Crippen molar-refractivity contribution in [2.24, 2.45) is 0 Å². The van der Waals surface area contributed by atoms with Gasteiger partial charge in [-0.15, -0.1) is 16.4 Å². The van der Waals surface area contributed by atoms with Crippen LogP contribution in [0.15, 0.2) is 58.7 Å². The first-order valence-corrected chi connectivity index (χ1v) is 11.6. The van der Waals surface area contributed by atoms with E-state index in [1.54, 1.807) is 0 Å². The fourth-order valence-electron chi connectivity index (χ4n) is 4.56. The molecule has 31 heavy (non-hydrogen) atoms. The number of aromatic nitrogens is 3. The van der Waals surface area contributed by atoms with E-state index in [2.05, 4.69) is 42.2 Å². The normalized spacial score (nSPS) is 14.7. The predicted molar refractivity (Wildman–Crippen MR) is 128 cm³/mol. The molecule has 4 heterocycles. The van der Waals surface area contributed by atoms with Crippen LogP contribution in [0, 0.1) is 6.92 Å². The van der Waals surface area contributed by atoms with Crippen molar-refractivity contribution in [1.29, 1.82) is 0 Å². The van der Waals surface area contributed by atoms with Gasteiger partial charge in [0.1, 0.15) is 4.83 Å². The zero-order chi connectivity index (χ0) is 20.9. The maximum Gasteiger partial charge on any atom is 0.283 e. The highest BCUT2D eigenvalue weighted by Crippen LogP contribution is 2.33. The molecule has 2 aromatic carbocycles.